The summed E-state index contributed by atoms with van der Waals surface area (Å²) in [6.45, 7) is 1.33. The Morgan fingerprint density at radius 3 is 2.95 bits per heavy atom. The van der Waals surface area contributed by atoms with Gasteiger partial charge in [-0.15, -0.1) is 0 Å². The topological polar surface area (TPSA) is 18.5 Å². The van der Waals surface area contributed by atoms with Gasteiger partial charge in [0.2, 0.25) is 0 Å². The molecule has 0 spiro atoms. The molecule has 1 atom stereocenters. The van der Waals surface area contributed by atoms with Crippen LogP contribution in [-0.2, 0) is 16.5 Å². The number of rotatable bonds is 4. The van der Waals surface area contributed by atoms with Crippen LogP contribution in [0.2, 0.25) is 0 Å². The molecule has 0 bridgehead atoms. The van der Waals surface area contributed by atoms with Crippen LogP contribution in [0.25, 0.3) is 0 Å². The van der Waals surface area contributed by atoms with Crippen LogP contribution in [0.15, 0.2) is 48.5 Å². The highest BCUT2D eigenvalue weighted by Gasteiger charge is 2.20. The second-order valence-corrected chi connectivity index (χ2v) is 5.46. The SMILES string of the molecule is BrCc1cccc(OCC2OCCc3ccccc32)c1. The number of alkyl halides is 1. The maximum atomic E-state index is 5.90. The first-order chi connectivity index (χ1) is 9.86. The van der Waals surface area contributed by atoms with Crippen molar-refractivity contribution in [1.82, 2.24) is 0 Å². The summed E-state index contributed by atoms with van der Waals surface area (Å²) in [5.41, 5.74) is 3.85. The van der Waals surface area contributed by atoms with Gasteiger partial charge in [-0.1, -0.05) is 52.3 Å². The molecule has 2 aromatic carbocycles. The van der Waals surface area contributed by atoms with Crippen LogP contribution in [0.3, 0.4) is 0 Å². The van der Waals surface area contributed by atoms with Crippen molar-refractivity contribution in [3.05, 3.63) is 65.2 Å². The van der Waals surface area contributed by atoms with Crippen LogP contribution in [-0.4, -0.2) is 13.2 Å². The fourth-order valence-corrected chi connectivity index (χ4v) is 2.85. The Bertz CT molecular complexity index is 583. The molecule has 104 valence electrons. The van der Waals surface area contributed by atoms with E-state index in [1.165, 1.54) is 16.7 Å². The first kappa shape index (κ1) is 13.7. The normalized spacial score (nSPS) is 17.6. The highest BCUT2D eigenvalue weighted by Crippen LogP contribution is 2.27. The molecule has 0 aromatic heterocycles. The second-order valence-electron chi connectivity index (χ2n) is 4.90. The summed E-state index contributed by atoms with van der Waals surface area (Å²) in [5.74, 6) is 0.897. The van der Waals surface area contributed by atoms with E-state index in [4.69, 9.17) is 9.47 Å². The van der Waals surface area contributed by atoms with E-state index in [2.05, 4.69) is 52.3 Å². The van der Waals surface area contributed by atoms with Crippen molar-refractivity contribution >= 4 is 15.9 Å². The molecule has 2 aromatic rings. The lowest BCUT2D eigenvalue weighted by Gasteiger charge is -2.26. The minimum Gasteiger partial charge on any atom is -0.491 e. The van der Waals surface area contributed by atoms with Crippen molar-refractivity contribution in [2.75, 3.05) is 13.2 Å². The predicted molar refractivity (Wildman–Crippen MR) is 83.4 cm³/mol. The fourth-order valence-electron chi connectivity index (χ4n) is 2.51. The Kier molecular flexibility index (Phi) is 4.38. The highest BCUT2D eigenvalue weighted by molar-refractivity contribution is 9.08. The molecule has 1 aliphatic rings. The standard InChI is InChI=1S/C17H17BrO2/c18-11-13-4-3-6-15(10-13)20-12-17-16-7-2-1-5-14(16)8-9-19-17/h1-7,10,17H,8-9,11-12H2. The molecule has 3 rings (SSSR count). The molecule has 0 fully saturated rings. The van der Waals surface area contributed by atoms with Gasteiger partial charge in [-0.05, 0) is 35.2 Å². The van der Waals surface area contributed by atoms with Gasteiger partial charge in [0.15, 0.2) is 0 Å². The highest BCUT2D eigenvalue weighted by atomic mass is 79.9. The molecule has 0 N–H and O–H groups in total. The Morgan fingerprint density at radius 2 is 2.05 bits per heavy atom. The number of hydrogen-bond acceptors (Lipinski definition) is 2. The number of ether oxygens (including phenoxy) is 2. The van der Waals surface area contributed by atoms with Gasteiger partial charge in [-0.3, -0.25) is 0 Å². The van der Waals surface area contributed by atoms with E-state index in [-0.39, 0.29) is 6.10 Å². The summed E-state index contributed by atoms with van der Waals surface area (Å²) in [6, 6.07) is 16.6. The molecular weight excluding hydrogens is 316 g/mol. The van der Waals surface area contributed by atoms with Crippen molar-refractivity contribution in [1.29, 1.82) is 0 Å². The smallest absolute Gasteiger partial charge is 0.119 e. The quantitative estimate of drug-likeness (QED) is 0.778. The lowest BCUT2D eigenvalue weighted by molar-refractivity contribution is 0.0102. The van der Waals surface area contributed by atoms with E-state index >= 15 is 0 Å². The van der Waals surface area contributed by atoms with E-state index in [1.807, 2.05) is 12.1 Å². The lowest BCUT2D eigenvalue weighted by Crippen LogP contribution is -2.21. The minimum atomic E-state index is 0.0348. The molecule has 0 radical (unpaired) electrons. The Hall–Kier alpha value is -1.32. The van der Waals surface area contributed by atoms with Gasteiger partial charge in [0.05, 0.1) is 6.61 Å². The molecule has 0 saturated heterocycles. The monoisotopic (exact) mass is 332 g/mol. The summed E-state index contributed by atoms with van der Waals surface area (Å²) in [7, 11) is 0. The van der Waals surface area contributed by atoms with E-state index in [9.17, 15) is 0 Å². The van der Waals surface area contributed by atoms with Crippen molar-refractivity contribution < 1.29 is 9.47 Å². The Balaban J connectivity index is 1.70. The first-order valence-corrected chi connectivity index (χ1v) is 7.96. The van der Waals surface area contributed by atoms with Crippen molar-refractivity contribution in [3.8, 4) is 5.75 Å². The number of halogens is 1. The molecule has 3 heteroatoms. The third-order valence-corrected chi connectivity index (χ3v) is 4.19. The van der Waals surface area contributed by atoms with Crippen LogP contribution in [0.4, 0.5) is 0 Å². The van der Waals surface area contributed by atoms with E-state index < -0.39 is 0 Å². The zero-order valence-corrected chi connectivity index (χ0v) is 12.8. The average molecular weight is 333 g/mol. The summed E-state index contributed by atoms with van der Waals surface area (Å²) in [5, 5.41) is 0.840. The van der Waals surface area contributed by atoms with Gasteiger partial charge >= 0.3 is 0 Å². The summed E-state index contributed by atoms with van der Waals surface area (Å²) in [4.78, 5) is 0. The van der Waals surface area contributed by atoms with Crippen LogP contribution >= 0.6 is 15.9 Å². The van der Waals surface area contributed by atoms with Crippen LogP contribution < -0.4 is 4.74 Å². The molecule has 20 heavy (non-hydrogen) atoms. The second kappa shape index (κ2) is 6.42. The Morgan fingerprint density at radius 1 is 1.15 bits per heavy atom. The van der Waals surface area contributed by atoms with Gasteiger partial charge in [-0.2, -0.15) is 0 Å². The molecule has 2 nitrogen and oxygen atoms in total. The minimum absolute atomic E-state index is 0.0348. The van der Waals surface area contributed by atoms with Crippen LogP contribution in [0.5, 0.6) is 5.75 Å². The largest absolute Gasteiger partial charge is 0.491 e. The van der Waals surface area contributed by atoms with Gasteiger partial charge in [0, 0.05) is 5.33 Å². The molecule has 0 aliphatic carbocycles. The maximum absolute atomic E-state index is 5.90. The van der Waals surface area contributed by atoms with Crippen LogP contribution in [0.1, 0.15) is 22.8 Å². The summed E-state index contributed by atoms with van der Waals surface area (Å²) >= 11 is 3.46. The molecular formula is C17H17BrO2. The van der Waals surface area contributed by atoms with Gasteiger partial charge in [0.25, 0.3) is 0 Å². The van der Waals surface area contributed by atoms with E-state index in [0.717, 1.165) is 24.1 Å². The summed E-state index contributed by atoms with van der Waals surface area (Å²) in [6.07, 6.45) is 1.03. The Labute approximate surface area is 127 Å². The zero-order chi connectivity index (χ0) is 13.8. The number of hydrogen-bond donors (Lipinski definition) is 0. The average Bonchev–Trinajstić information content (AvgIpc) is 2.53. The van der Waals surface area contributed by atoms with E-state index in [1.54, 1.807) is 0 Å². The van der Waals surface area contributed by atoms with Crippen LogP contribution in [0, 0.1) is 0 Å². The van der Waals surface area contributed by atoms with Crippen molar-refractivity contribution in [2.45, 2.75) is 17.9 Å². The van der Waals surface area contributed by atoms with Gasteiger partial charge in [0.1, 0.15) is 18.5 Å². The number of fused-ring (bicyclic) bond motifs is 1. The molecule has 1 unspecified atom stereocenters. The van der Waals surface area contributed by atoms with E-state index in [0.29, 0.717) is 6.61 Å². The maximum Gasteiger partial charge on any atom is 0.119 e. The third-order valence-electron chi connectivity index (χ3n) is 3.55. The lowest BCUT2D eigenvalue weighted by atomic mass is 9.98. The summed E-state index contributed by atoms with van der Waals surface area (Å²) < 4.78 is 11.7. The molecule has 0 saturated carbocycles. The molecule has 0 amide bonds. The van der Waals surface area contributed by atoms with Crippen molar-refractivity contribution in [3.63, 3.8) is 0 Å². The van der Waals surface area contributed by atoms with Crippen molar-refractivity contribution in [2.24, 2.45) is 0 Å². The first-order valence-electron chi connectivity index (χ1n) is 6.84. The predicted octanol–water partition coefficient (Wildman–Crippen LogP) is 4.27. The zero-order valence-electron chi connectivity index (χ0n) is 11.2. The fraction of sp³-hybridized carbons (Fsp3) is 0.294. The third kappa shape index (κ3) is 3.05. The number of benzene rings is 2. The van der Waals surface area contributed by atoms with Gasteiger partial charge in [-0.25, -0.2) is 0 Å². The molecule has 1 heterocycles. The van der Waals surface area contributed by atoms with Gasteiger partial charge < -0.3 is 9.47 Å². The molecule has 1 aliphatic heterocycles.